The number of benzene rings is 1. The van der Waals surface area contributed by atoms with Crippen molar-refractivity contribution in [2.75, 3.05) is 13.2 Å². The number of hydrogen-bond donors (Lipinski definition) is 2. The molecule has 2 amide bonds. The lowest BCUT2D eigenvalue weighted by atomic mass is 10.0. The molecule has 0 radical (unpaired) electrons. The largest absolute Gasteiger partial charge is 0.444 e. The summed E-state index contributed by atoms with van der Waals surface area (Å²) in [6.07, 6.45) is 5.72. The molecule has 0 saturated carbocycles. The number of nitrogens with zero attached hydrogens (tertiary/aromatic N) is 3. The van der Waals surface area contributed by atoms with E-state index in [0.717, 1.165) is 23.1 Å². The highest BCUT2D eigenvalue weighted by Crippen LogP contribution is 2.24. The van der Waals surface area contributed by atoms with Crippen LogP contribution in [0.3, 0.4) is 0 Å². The second-order valence-electron chi connectivity index (χ2n) is 8.32. The van der Waals surface area contributed by atoms with Gasteiger partial charge in [0.2, 0.25) is 5.91 Å². The Morgan fingerprint density at radius 1 is 1.20 bits per heavy atom. The van der Waals surface area contributed by atoms with Crippen molar-refractivity contribution in [2.45, 2.75) is 51.3 Å². The molecule has 1 aliphatic rings. The van der Waals surface area contributed by atoms with Crippen LogP contribution in [-0.4, -0.2) is 56.8 Å². The van der Waals surface area contributed by atoms with Crippen molar-refractivity contribution >= 4 is 12.0 Å². The number of aliphatic hydroxyl groups is 1. The van der Waals surface area contributed by atoms with Crippen molar-refractivity contribution < 1.29 is 19.4 Å². The van der Waals surface area contributed by atoms with Crippen LogP contribution in [0.4, 0.5) is 4.79 Å². The minimum absolute atomic E-state index is 0.251. The van der Waals surface area contributed by atoms with Crippen molar-refractivity contribution in [3.05, 3.63) is 48.5 Å². The summed E-state index contributed by atoms with van der Waals surface area (Å²) in [6, 6.07) is 6.32. The van der Waals surface area contributed by atoms with Gasteiger partial charge in [-0.3, -0.25) is 9.69 Å². The van der Waals surface area contributed by atoms with Gasteiger partial charge in [-0.1, -0.05) is 24.3 Å². The van der Waals surface area contributed by atoms with E-state index in [4.69, 9.17) is 4.74 Å². The van der Waals surface area contributed by atoms with E-state index in [1.165, 1.54) is 11.2 Å². The predicted octanol–water partition coefficient (Wildman–Crippen LogP) is 2.69. The minimum atomic E-state index is -0.625. The molecule has 0 bridgehead atoms. The summed E-state index contributed by atoms with van der Waals surface area (Å²) in [6.45, 7) is 5.61. The molecule has 2 heterocycles. The topological polar surface area (TPSA) is 105 Å². The van der Waals surface area contributed by atoms with E-state index in [1.54, 1.807) is 33.2 Å². The van der Waals surface area contributed by atoms with Crippen molar-refractivity contribution in [3.63, 3.8) is 0 Å². The van der Waals surface area contributed by atoms with Crippen LogP contribution in [-0.2, 0) is 9.53 Å². The Hall–Kier alpha value is -3.00. The Bertz CT molecular complexity index is 865. The first-order valence-electron chi connectivity index (χ1n) is 10.0. The van der Waals surface area contributed by atoms with Gasteiger partial charge in [0.05, 0.1) is 12.6 Å². The van der Waals surface area contributed by atoms with Crippen LogP contribution >= 0.6 is 0 Å². The molecule has 1 aromatic heterocycles. The van der Waals surface area contributed by atoms with Gasteiger partial charge in [-0.25, -0.2) is 14.8 Å². The first kappa shape index (κ1) is 21.7. The number of hydrogen-bond acceptors (Lipinski definition) is 6. The first-order chi connectivity index (χ1) is 14.3. The molecule has 0 unspecified atom stereocenters. The molecule has 2 N–H and O–H groups in total. The maximum Gasteiger partial charge on any atom is 0.410 e. The quantitative estimate of drug-likeness (QED) is 0.782. The molecule has 0 aliphatic carbocycles. The number of carbonyl (C=O) groups is 2. The molecular weight excluding hydrogens is 384 g/mol. The first-order valence-corrected chi connectivity index (χ1v) is 10.0. The maximum absolute atomic E-state index is 12.9. The molecule has 1 saturated heterocycles. The van der Waals surface area contributed by atoms with Gasteiger partial charge in [0.15, 0.2) is 0 Å². The van der Waals surface area contributed by atoms with Crippen molar-refractivity contribution in [1.29, 1.82) is 0 Å². The van der Waals surface area contributed by atoms with Gasteiger partial charge in [-0.2, -0.15) is 0 Å². The molecule has 1 fully saturated rings. The summed E-state index contributed by atoms with van der Waals surface area (Å²) in [5.41, 5.74) is 1.97. The third kappa shape index (κ3) is 5.33. The van der Waals surface area contributed by atoms with Crippen molar-refractivity contribution in [3.8, 4) is 11.1 Å². The number of ether oxygens (including phenoxy) is 1. The minimum Gasteiger partial charge on any atom is -0.444 e. The highest BCUT2D eigenvalue weighted by atomic mass is 16.6. The van der Waals surface area contributed by atoms with Gasteiger partial charge in [-0.05, 0) is 44.7 Å². The molecule has 1 aliphatic heterocycles. The monoisotopic (exact) mass is 412 g/mol. The maximum atomic E-state index is 12.9. The van der Waals surface area contributed by atoms with E-state index >= 15 is 0 Å². The SMILES string of the molecule is CC(C)(C)OC(=O)N1CCC[C@H]1C(=O)N[C@@H](CO)c1ccc(-c2cncnc2)cc1. The molecule has 2 atom stereocenters. The smallest absolute Gasteiger partial charge is 0.410 e. The fourth-order valence-electron chi connectivity index (χ4n) is 3.44. The molecule has 1 aromatic carbocycles. The van der Waals surface area contributed by atoms with Crippen LogP contribution in [0.5, 0.6) is 0 Å². The van der Waals surface area contributed by atoms with E-state index < -0.39 is 23.8 Å². The van der Waals surface area contributed by atoms with Crippen LogP contribution in [0.25, 0.3) is 11.1 Å². The lowest BCUT2D eigenvalue weighted by Gasteiger charge is -2.29. The number of likely N-dealkylation sites (tertiary alicyclic amines) is 1. The standard InChI is InChI=1S/C22H28N4O4/c1-22(2,3)30-21(29)26-10-4-5-19(26)20(28)25-18(13-27)16-8-6-15(7-9-16)17-11-23-14-24-12-17/h6-9,11-12,14,18-19,27H,4-5,10,13H2,1-3H3,(H,25,28)/t18-,19-/m0/s1. The zero-order chi connectivity index (χ0) is 21.7. The summed E-state index contributed by atoms with van der Waals surface area (Å²) in [5.74, 6) is -0.294. The van der Waals surface area contributed by atoms with Gasteiger partial charge in [0.1, 0.15) is 18.0 Å². The van der Waals surface area contributed by atoms with Crippen LogP contribution in [0.1, 0.15) is 45.2 Å². The Kier molecular flexibility index (Phi) is 6.66. The van der Waals surface area contributed by atoms with Gasteiger partial charge < -0.3 is 15.2 Å². The molecular formula is C22H28N4O4. The third-order valence-electron chi connectivity index (χ3n) is 4.89. The summed E-state index contributed by atoms with van der Waals surface area (Å²) >= 11 is 0. The second kappa shape index (κ2) is 9.21. The van der Waals surface area contributed by atoms with E-state index in [0.29, 0.717) is 13.0 Å². The number of amides is 2. The van der Waals surface area contributed by atoms with E-state index in [1.807, 2.05) is 24.3 Å². The van der Waals surface area contributed by atoms with Gasteiger partial charge >= 0.3 is 6.09 Å². The molecule has 30 heavy (non-hydrogen) atoms. The Morgan fingerprint density at radius 2 is 1.87 bits per heavy atom. The summed E-state index contributed by atoms with van der Waals surface area (Å²) in [5, 5.41) is 12.7. The van der Waals surface area contributed by atoms with E-state index in [2.05, 4.69) is 15.3 Å². The fourth-order valence-corrected chi connectivity index (χ4v) is 3.44. The lowest BCUT2D eigenvalue weighted by Crippen LogP contribution is -2.48. The highest BCUT2D eigenvalue weighted by Gasteiger charge is 2.37. The molecule has 0 spiro atoms. The molecule has 3 rings (SSSR count). The zero-order valence-electron chi connectivity index (χ0n) is 17.5. The number of aliphatic hydroxyl groups excluding tert-OH is 1. The number of rotatable bonds is 5. The normalized spacial score (nSPS) is 17.5. The summed E-state index contributed by atoms with van der Waals surface area (Å²) in [4.78, 5) is 34.8. The van der Waals surface area contributed by atoms with Gasteiger partial charge in [-0.15, -0.1) is 0 Å². The highest BCUT2D eigenvalue weighted by molar-refractivity contribution is 5.86. The van der Waals surface area contributed by atoms with Gasteiger partial charge in [0.25, 0.3) is 0 Å². The summed E-state index contributed by atoms with van der Waals surface area (Å²) in [7, 11) is 0. The van der Waals surface area contributed by atoms with Crippen LogP contribution < -0.4 is 5.32 Å². The van der Waals surface area contributed by atoms with Crippen LogP contribution in [0.2, 0.25) is 0 Å². The number of carbonyl (C=O) groups excluding carboxylic acids is 2. The third-order valence-corrected chi connectivity index (χ3v) is 4.89. The van der Waals surface area contributed by atoms with Crippen LogP contribution in [0, 0.1) is 0 Å². The lowest BCUT2D eigenvalue weighted by molar-refractivity contribution is -0.126. The van der Waals surface area contributed by atoms with Crippen molar-refractivity contribution in [1.82, 2.24) is 20.2 Å². The molecule has 8 heteroatoms. The predicted molar refractivity (Wildman–Crippen MR) is 111 cm³/mol. The Morgan fingerprint density at radius 3 is 2.47 bits per heavy atom. The molecule has 160 valence electrons. The molecule has 8 nitrogen and oxygen atoms in total. The summed E-state index contributed by atoms with van der Waals surface area (Å²) < 4.78 is 5.42. The van der Waals surface area contributed by atoms with E-state index in [-0.39, 0.29) is 12.5 Å². The Labute approximate surface area is 176 Å². The van der Waals surface area contributed by atoms with Crippen molar-refractivity contribution in [2.24, 2.45) is 0 Å². The van der Waals surface area contributed by atoms with E-state index in [9.17, 15) is 14.7 Å². The number of aromatic nitrogens is 2. The Balaban J connectivity index is 1.67. The fraction of sp³-hybridized carbons (Fsp3) is 0.455. The average Bonchev–Trinajstić information content (AvgIpc) is 3.22. The number of nitrogens with one attached hydrogen (secondary N) is 1. The molecule has 2 aromatic rings. The average molecular weight is 412 g/mol. The van der Waals surface area contributed by atoms with Gasteiger partial charge in [0, 0.05) is 24.5 Å². The zero-order valence-corrected chi connectivity index (χ0v) is 17.5. The second-order valence-corrected chi connectivity index (χ2v) is 8.32. The van der Waals surface area contributed by atoms with Crippen LogP contribution in [0.15, 0.2) is 43.0 Å².